The molecule has 0 saturated carbocycles. The van der Waals surface area contributed by atoms with Crippen molar-refractivity contribution in [3.63, 3.8) is 0 Å². The van der Waals surface area contributed by atoms with Crippen molar-refractivity contribution in [3.8, 4) is 0 Å². The quantitative estimate of drug-likeness (QED) is 0.863. The van der Waals surface area contributed by atoms with Gasteiger partial charge in [-0.25, -0.2) is 0 Å². The molecule has 0 aliphatic carbocycles. The van der Waals surface area contributed by atoms with Crippen LogP contribution in [-0.4, -0.2) is 26.5 Å². The lowest BCUT2D eigenvalue weighted by molar-refractivity contribution is 0.768. The summed E-state index contributed by atoms with van der Waals surface area (Å²) in [5, 5.41) is 0.175. The van der Waals surface area contributed by atoms with Crippen molar-refractivity contribution >= 4 is 29.2 Å². The van der Waals surface area contributed by atoms with Crippen LogP contribution in [0.4, 0.5) is 5.95 Å². The summed E-state index contributed by atoms with van der Waals surface area (Å²) < 4.78 is 0. The second kappa shape index (κ2) is 5.93. The summed E-state index contributed by atoms with van der Waals surface area (Å²) in [6, 6.07) is 5.74. The van der Waals surface area contributed by atoms with Crippen molar-refractivity contribution < 1.29 is 0 Å². The van der Waals surface area contributed by atoms with Crippen molar-refractivity contribution in [2.75, 3.05) is 11.4 Å². The summed E-state index contributed by atoms with van der Waals surface area (Å²) in [6.07, 6.45) is 1.75. The summed E-state index contributed by atoms with van der Waals surface area (Å²) in [5.74, 6) is 0.452. The van der Waals surface area contributed by atoms with Crippen LogP contribution in [-0.2, 0) is 6.54 Å². The fraction of sp³-hybridized carbons (Fsp3) is 0.273. The smallest absolute Gasteiger partial charge is 0.231 e. The van der Waals surface area contributed by atoms with Crippen LogP contribution >= 0.6 is 23.2 Å². The molecule has 0 spiro atoms. The molecule has 5 nitrogen and oxygen atoms in total. The predicted molar refractivity (Wildman–Crippen MR) is 70.8 cm³/mol. The first-order valence-electron chi connectivity index (χ1n) is 5.41. The van der Waals surface area contributed by atoms with Crippen LogP contribution in [0.25, 0.3) is 0 Å². The molecule has 0 unspecified atom stereocenters. The number of aromatic nitrogens is 4. The second-order valence-electron chi connectivity index (χ2n) is 3.51. The monoisotopic (exact) mass is 283 g/mol. The van der Waals surface area contributed by atoms with E-state index in [1.165, 1.54) is 0 Å². The molecule has 0 aliphatic rings. The van der Waals surface area contributed by atoms with E-state index in [0.29, 0.717) is 19.0 Å². The third kappa shape index (κ3) is 3.27. The number of hydrogen-bond donors (Lipinski definition) is 0. The van der Waals surface area contributed by atoms with E-state index in [2.05, 4.69) is 19.9 Å². The highest BCUT2D eigenvalue weighted by atomic mass is 35.5. The zero-order valence-corrected chi connectivity index (χ0v) is 11.2. The maximum absolute atomic E-state index is 5.77. The van der Waals surface area contributed by atoms with Gasteiger partial charge in [-0.1, -0.05) is 6.07 Å². The second-order valence-corrected chi connectivity index (χ2v) is 4.18. The van der Waals surface area contributed by atoms with E-state index in [1.54, 1.807) is 6.20 Å². The van der Waals surface area contributed by atoms with Gasteiger partial charge in [-0.15, -0.1) is 0 Å². The Balaban J connectivity index is 2.23. The van der Waals surface area contributed by atoms with Gasteiger partial charge in [0.15, 0.2) is 0 Å². The van der Waals surface area contributed by atoms with Gasteiger partial charge in [-0.05, 0) is 42.3 Å². The van der Waals surface area contributed by atoms with E-state index in [9.17, 15) is 0 Å². The van der Waals surface area contributed by atoms with Crippen molar-refractivity contribution in [3.05, 3.63) is 40.7 Å². The molecule has 0 atom stereocenters. The minimum absolute atomic E-state index is 0.0875. The van der Waals surface area contributed by atoms with Gasteiger partial charge in [0.05, 0.1) is 12.2 Å². The average molecular weight is 284 g/mol. The van der Waals surface area contributed by atoms with Crippen LogP contribution in [0.1, 0.15) is 12.6 Å². The molecule has 2 aromatic heterocycles. The maximum Gasteiger partial charge on any atom is 0.231 e. The fourth-order valence-electron chi connectivity index (χ4n) is 1.47. The molecular formula is C11H11Cl2N5. The largest absolute Gasteiger partial charge is 0.335 e. The molecular weight excluding hydrogens is 273 g/mol. The molecule has 0 radical (unpaired) electrons. The summed E-state index contributed by atoms with van der Waals surface area (Å²) in [5.41, 5.74) is 0.923. The Bertz CT molecular complexity index is 500. The first-order chi connectivity index (χ1) is 8.69. The van der Waals surface area contributed by atoms with Gasteiger partial charge in [-0.3, -0.25) is 4.98 Å². The molecule has 2 heterocycles. The van der Waals surface area contributed by atoms with Crippen LogP contribution in [0.5, 0.6) is 0 Å². The minimum Gasteiger partial charge on any atom is -0.335 e. The first-order valence-corrected chi connectivity index (χ1v) is 6.16. The van der Waals surface area contributed by atoms with Gasteiger partial charge in [0.2, 0.25) is 16.5 Å². The molecule has 2 rings (SSSR count). The Morgan fingerprint density at radius 1 is 1.11 bits per heavy atom. The van der Waals surface area contributed by atoms with E-state index in [-0.39, 0.29) is 10.6 Å². The van der Waals surface area contributed by atoms with Crippen molar-refractivity contribution in [1.82, 2.24) is 19.9 Å². The zero-order valence-electron chi connectivity index (χ0n) is 9.72. The van der Waals surface area contributed by atoms with Crippen molar-refractivity contribution in [2.24, 2.45) is 0 Å². The highest BCUT2D eigenvalue weighted by Gasteiger charge is 2.11. The summed E-state index contributed by atoms with van der Waals surface area (Å²) in [6.45, 7) is 3.30. The molecule has 2 aromatic rings. The number of halogens is 2. The van der Waals surface area contributed by atoms with Crippen molar-refractivity contribution in [2.45, 2.75) is 13.5 Å². The van der Waals surface area contributed by atoms with Crippen molar-refractivity contribution in [1.29, 1.82) is 0 Å². The van der Waals surface area contributed by atoms with Gasteiger partial charge < -0.3 is 4.90 Å². The Morgan fingerprint density at radius 2 is 1.83 bits per heavy atom. The van der Waals surface area contributed by atoms with Crippen LogP contribution < -0.4 is 4.90 Å². The standard InChI is InChI=1S/C11H11Cl2N5/c1-2-18(7-8-5-3-4-6-14-8)11-16-9(12)15-10(13)17-11/h3-6H,2,7H2,1H3. The maximum atomic E-state index is 5.77. The molecule has 0 N–H and O–H groups in total. The van der Waals surface area contributed by atoms with E-state index < -0.39 is 0 Å². The number of anilines is 1. The predicted octanol–water partition coefficient (Wildman–Crippen LogP) is 2.60. The Labute approximate surface area is 115 Å². The highest BCUT2D eigenvalue weighted by Crippen LogP contribution is 2.15. The number of hydrogen-bond acceptors (Lipinski definition) is 5. The SMILES string of the molecule is CCN(Cc1ccccn1)c1nc(Cl)nc(Cl)n1. The van der Waals surface area contributed by atoms with Gasteiger partial charge in [0, 0.05) is 12.7 Å². The van der Waals surface area contributed by atoms with E-state index in [4.69, 9.17) is 23.2 Å². The third-order valence-electron chi connectivity index (χ3n) is 2.31. The van der Waals surface area contributed by atoms with Crippen LogP contribution in [0.2, 0.25) is 10.6 Å². The molecule has 0 amide bonds. The third-order valence-corrected chi connectivity index (χ3v) is 2.65. The first kappa shape index (κ1) is 13.0. The lowest BCUT2D eigenvalue weighted by Crippen LogP contribution is -2.25. The molecule has 0 aliphatic heterocycles. The average Bonchev–Trinajstić information content (AvgIpc) is 2.36. The zero-order chi connectivity index (χ0) is 13.0. The van der Waals surface area contributed by atoms with E-state index in [0.717, 1.165) is 5.69 Å². The summed E-state index contributed by atoms with van der Waals surface area (Å²) in [4.78, 5) is 18.0. The van der Waals surface area contributed by atoms with Gasteiger partial charge in [0.1, 0.15) is 0 Å². The molecule has 7 heteroatoms. The van der Waals surface area contributed by atoms with Gasteiger partial charge in [0.25, 0.3) is 0 Å². The lowest BCUT2D eigenvalue weighted by Gasteiger charge is -2.20. The summed E-state index contributed by atoms with van der Waals surface area (Å²) in [7, 11) is 0. The molecule has 0 bridgehead atoms. The minimum atomic E-state index is 0.0875. The molecule has 0 fully saturated rings. The molecule has 0 aromatic carbocycles. The Kier molecular flexibility index (Phi) is 4.28. The molecule has 94 valence electrons. The van der Waals surface area contributed by atoms with Gasteiger partial charge in [-0.2, -0.15) is 15.0 Å². The van der Waals surface area contributed by atoms with E-state index >= 15 is 0 Å². The topological polar surface area (TPSA) is 54.8 Å². The lowest BCUT2D eigenvalue weighted by atomic mass is 10.3. The van der Waals surface area contributed by atoms with Crippen LogP contribution in [0.15, 0.2) is 24.4 Å². The number of nitrogens with zero attached hydrogens (tertiary/aromatic N) is 5. The van der Waals surface area contributed by atoms with E-state index in [1.807, 2.05) is 30.0 Å². The normalized spacial score (nSPS) is 10.4. The Morgan fingerprint density at radius 3 is 2.39 bits per heavy atom. The molecule has 0 saturated heterocycles. The van der Waals surface area contributed by atoms with Gasteiger partial charge >= 0.3 is 0 Å². The number of rotatable bonds is 4. The molecule has 18 heavy (non-hydrogen) atoms. The van der Waals surface area contributed by atoms with Crippen LogP contribution in [0.3, 0.4) is 0 Å². The van der Waals surface area contributed by atoms with Crippen LogP contribution in [0, 0.1) is 0 Å². The fourth-order valence-corrected chi connectivity index (χ4v) is 1.82. The summed E-state index contributed by atoms with van der Waals surface area (Å²) >= 11 is 11.5. The number of pyridine rings is 1. The Hall–Kier alpha value is -1.46. The highest BCUT2D eigenvalue weighted by molar-refractivity contribution is 6.31.